The molecule has 1 heterocycles. The fraction of sp³-hybridized carbons (Fsp3) is 0.118. The second-order valence-corrected chi connectivity index (χ2v) is 5.24. The molecule has 2 nitrogen and oxygen atoms in total. The van der Waals surface area contributed by atoms with Gasteiger partial charge >= 0.3 is 12.4 Å². The Morgan fingerprint density at radius 3 is 1.84 bits per heavy atom. The highest BCUT2D eigenvalue weighted by molar-refractivity contribution is 5.63. The summed E-state index contributed by atoms with van der Waals surface area (Å²) < 4.78 is 78.1. The Kier molecular flexibility index (Phi) is 4.06. The van der Waals surface area contributed by atoms with Crippen LogP contribution in [-0.4, -0.2) is 9.78 Å². The summed E-state index contributed by atoms with van der Waals surface area (Å²) >= 11 is 0. The summed E-state index contributed by atoms with van der Waals surface area (Å²) in [7, 11) is 0. The van der Waals surface area contributed by atoms with Crippen LogP contribution in [0.15, 0.2) is 60.7 Å². The third-order valence-electron chi connectivity index (χ3n) is 3.51. The topological polar surface area (TPSA) is 17.8 Å². The standard InChI is InChI=1S/C17H10F6N2/c18-16(19,20)12-8-6-11(7-9-12)14-10-15(17(21,22)23)24-25(14)13-4-2-1-3-5-13/h1-10H. The number of rotatable bonds is 2. The van der Waals surface area contributed by atoms with Crippen LogP contribution in [0.5, 0.6) is 0 Å². The van der Waals surface area contributed by atoms with Crippen LogP contribution < -0.4 is 0 Å². The number of nitrogens with zero attached hydrogens (tertiary/aromatic N) is 2. The van der Waals surface area contributed by atoms with Crippen LogP contribution in [0.4, 0.5) is 26.3 Å². The van der Waals surface area contributed by atoms with E-state index in [9.17, 15) is 26.3 Å². The minimum absolute atomic E-state index is 0.0484. The maximum absolute atomic E-state index is 13.0. The van der Waals surface area contributed by atoms with Crippen molar-refractivity contribution in [2.45, 2.75) is 12.4 Å². The molecule has 3 rings (SSSR count). The van der Waals surface area contributed by atoms with Crippen LogP contribution in [-0.2, 0) is 12.4 Å². The van der Waals surface area contributed by atoms with E-state index in [0.29, 0.717) is 5.69 Å². The first kappa shape index (κ1) is 17.1. The quantitative estimate of drug-likeness (QED) is 0.549. The molecule has 3 aromatic rings. The Morgan fingerprint density at radius 2 is 1.32 bits per heavy atom. The number of hydrogen-bond donors (Lipinski definition) is 0. The third kappa shape index (κ3) is 3.52. The minimum Gasteiger partial charge on any atom is -0.233 e. The number of alkyl halides is 6. The second kappa shape index (κ2) is 5.94. The third-order valence-corrected chi connectivity index (χ3v) is 3.51. The van der Waals surface area contributed by atoms with Crippen molar-refractivity contribution in [3.05, 3.63) is 71.9 Å². The maximum Gasteiger partial charge on any atom is 0.435 e. The first-order valence-corrected chi connectivity index (χ1v) is 7.06. The zero-order valence-corrected chi connectivity index (χ0v) is 12.4. The number of para-hydroxylation sites is 1. The van der Waals surface area contributed by atoms with Crippen molar-refractivity contribution in [3.63, 3.8) is 0 Å². The molecule has 130 valence electrons. The van der Waals surface area contributed by atoms with E-state index in [1.54, 1.807) is 30.3 Å². The Hall–Kier alpha value is -2.77. The van der Waals surface area contributed by atoms with Gasteiger partial charge < -0.3 is 0 Å². The number of hydrogen-bond acceptors (Lipinski definition) is 1. The normalized spacial score (nSPS) is 12.4. The van der Waals surface area contributed by atoms with Gasteiger partial charge in [0.1, 0.15) is 0 Å². The van der Waals surface area contributed by atoms with E-state index < -0.39 is 23.6 Å². The van der Waals surface area contributed by atoms with E-state index in [2.05, 4.69) is 5.10 Å². The minimum atomic E-state index is -4.67. The van der Waals surface area contributed by atoms with Gasteiger partial charge in [-0.05, 0) is 30.3 Å². The molecule has 0 spiro atoms. The maximum atomic E-state index is 13.0. The lowest BCUT2D eigenvalue weighted by Crippen LogP contribution is -2.07. The van der Waals surface area contributed by atoms with Crippen molar-refractivity contribution in [2.75, 3.05) is 0 Å². The summed E-state index contributed by atoms with van der Waals surface area (Å²) in [4.78, 5) is 0. The summed E-state index contributed by atoms with van der Waals surface area (Å²) in [6, 6.07) is 12.8. The Balaban J connectivity index is 2.13. The molecule has 0 saturated carbocycles. The lowest BCUT2D eigenvalue weighted by Gasteiger charge is -2.09. The van der Waals surface area contributed by atoms with Gasteiger partial charge in [0.15, 0.2) is 5.69 Å². The van der Waals surface area contributed by atoms with Gasteiger partial charge in [-0.25, -0.2) is 4.68 Å². The Labute approximate surface area is 138 Å². The molecule has 0 saturated heterocycles. The molecule has 2 aromatic carbocycles. The average Bonchev–Trinajstić information content (AvgIpc) is 3.00. The molecule has 1 aromatic heterocycles. The molecule has 0 atom stereocenters. The van der Waals surface area contributed by atoms with E-state index in [1.807, 2.05) is 0 Å². The number of benzene rings is 2. The molecule has 0 amide bonds. The predicted molar refractivity (Wildman–Crippen MR) is 79.0 cm³/mol. The number of halogens is 6. The summed E-state index contributed by atoms with van der Waals surface area (Å²) in [5, 5.41) is 3.57. The smallest absolute Gasteiger partial charge is 0.233 e. The Morgan fingerprint density at radius 1 is 0.720 bits per heavy atom. The molecular formula is C17H10F6N2. The molecule has 0 aliphatic rings. The molecular weight excluding hydrogens is 346 g/mol. The van der Waals surface area contributed by atoms with Crippen LogP contribution in [0.2, 0.25) is 0 Å². The molecule has 0 radical (unpaired) electrons. The van der Waals surface area contributed by atoms with Gasteiger partial charge in [0.2, 0.25) is 0 Å². The first-order valence-electron chi connectivity index (χ1n) is 7.06. The van der Waals surface area contributed by atoms with Gasteiger partial charge in [0, 0.05) is 5.56 Å². The largest absolute Gasteiger partial charge is 0.435 e. The van der Waals surface area contributed by atoms with Gasteiger partial charge in [-0.3, -0.25) is 0 Å². The van der Waals surface area contributed by atoms with Crippen LogP contribution in [0.1, 0.15) is 11.3 Å². The summed E-state index contributed by atoms with van der Waals surface area (Å²) in [5.41, 5.74) is -1.38. The lowest BCUT2D eigenvalue weighted by atomic mass is 10.1. The highest BCUT2D eigenvalue weighted by atomic mass is 19.4. The molecule has 0 N–H and O–H groups in total. The Bertz CT molecular complexity index is 861. The van der Waals surface area contributed by atoms with Gasteiger partial charge in [0.25, 0.3) is 0 Å². The van der Waals surface area contributed by atoms with Crippen LogP contribution in [0, 0.1) is 0 Å². The zero-order chi connectivity index (χ0) is 18.2. The van der Waals surface area contributed by atoms with E-state index >= 15 is 0 Å². The zero-order valence-electron chi connectivity index (χ0n) is 12.4. The molecule has 8 heteroatoms. The monoisotopic (exact) mass is 356 g/mol. The summed E-state index contributed by atoms with van der Waals surface area (Å²) in [6.07, 6.45) is -9.18. The van der Waals surface area contributed by atoms with Gasteiger partial charge in [-0.15, -0.1) is 0 Å². The SMILES string of the molecule is FC(F)(F)c1ccc(-c2cc(C(F)(F)F)nn2-c2ccccc2)cc1. The van der Waals surface area contributed by atoms with Crippen molar-refractivity contribution < 1.29 is 26.3 Å². The fourth-order valence-electron chi connectivity index (χ4n) is 2.32. The van der Waals surface area contributed by atoms with E-state index in [4.69, 9.17) is 0 Å². The highest BCUT2D eigenvalue weighted by Crippen LogP contribution is 2.35. The van der Waals surface area contributed by atoms with Crippen LogP contribution in [0.25, 0.3) is 16.9 Å². The number of aromatic nitrogens is 2. The molecule has 0 fully saturated rings. The molecule has 25 heavy (non-hydrogen) atoms. The molecule has 0 bridgehead atoms. The predicted octanol–water partition coefficient (Wildman–Crippen LogP) is 5.58. The van der Waals surface area contributed by atoms with E-state index in [0.717, 1.165) is 35.0 Å². The van der Waals surface area contributed by atoms with Gasteiger partial charge in [-0.2, -0.15) is 31.4 Å². The summed E-state index contributed by atoms with van der Waals surface area (Å²) in [5.74, 6) is 0. The van der Waals surface area contributed by atoms with Crippen molar-refractivity contribution in [1.82, 2.24) is 9.78 Å². The highest BCUT2D eigenvalue weighted by Gasteiger charge is 2.35. The van der Waals surface area contributed by atoms with Crippen molar-refractivity contribution in [3.8, 4) is 16.9 Å². The average molecular weight is 356 g/mol. The van der Waals surface area contributed by atoms with Crippen molar-refractivity contribution in [1.29, 1.82) is 0 Å². The van der Waals surface area contributed by atoms with Crippen LogP contribution in [0.3, 0.4) is 0 Å². The summed E-state index contributed by atoms with van der Waals surface area (Å²) in [6.45, 7) is 0. The van der Waals surface area contributed by atoms with Crippen molar-refractivity contribution >= 4 is 0 Å². The van der Waals surface area contributed by atoms with Crippen LogP contribution >= 0.6 is 0 Å². The van der Waals surface area contributed by atoms with E-state index in [-0.39, 0.29) is 11.3 Å². The fourth-order valence-corrected chi connectivity index (χ4v) is 2.32. The molecule has 0 aliphatic heterocycles. The first-order chi connectivity index (χ1) is 11.7. The van der Waals surface area contributed by atoms with Gasteiger partial charge in [-0.1, -0.05) is 30.3 Å². The molecule has 0 aliphatic carbocycles. The van der Waals surface area contributed by atoms with Gasteiger partial charge in [0.05, 0.1) is 16.9 Å². The molecule has 0 unspecified atom stereocenters. The second-order valence-electron chi connectivity index (χ2n) is 5.24. The lowest BCUT2D eigenvalue weighted by molar-refractivity contribution is -0.141. The van der Waals surface area contributed by atoms with Crippen molar-refractivity contribution in [2.24, 2.45) is 0 Å². The van der Waals surface area contributed by atoms with E-state index in [1.165, 1.54) is 0 Å².